The minimum atomic E-state index is -0.0750. The molecule has 3 rings (SSSR count). The lowest BCUT2D eigenvalue weighted by molar-refractivity contribution is 0.0955. The summed E-state index contributed by atoms with van der Waals surface area (Å²) in [5, 5.41) is 14.3. The standard InChI is InChI=1S/C19H26N6O/c1-24(2)16-7-5-15(6-8-16)19(26)21-10-9-20-18-13-17(14-22-23-18)25-11-3-4-12-25/h5-8,13-14H,3-4,9-12H2,1-2H3,(H,20,23)(H,21,26). The lowest BCUT2D eigenvalue weighted by atomic mass is 10.2. The van der Waals surface area contributed by atoms with Crippen molar-refractivity contribution in [2.45, 2.75) is 12.8 Å². The molecule has 2 aromatic rings. The maximum atomic E-state index is 12.2. The summed E-state index contributed by atoms with van der Waals surface area (Å²) in [5.41, 5.74) is 2.83. The monoisotopic (exact) mass is 354 g/mol. The molecule has 1 aromatic carbocycles. The Labute approximate surface area is 154 Å². The van der Waals surface area contributed by atoms with E-state index in [1.807, 2.05) is 49.3 Å². The number of hydrogen-bond donors (Lipinski definition) is 2. The maximum Gasteiger partial charge on any atom is 0.251 e. The van der Waals surface area contributed by atoms with Crippen molar-refractivity contribution < 1.29 is 4.79 Å². The van der Waals surface area contributed by atoms with E-state index in [0.717, 1.165) is 30.3 Å². The van der Waals surface area contributed by atoms with Crippen LogP contribution >= 0.6 is 0 Å². The largest absolute Gasteiger partial charge is 0.378 e. The molecule has 26 heavy (non-hydrogen) atoms. The molecule has 0 unspecified atom stereocenters. The zero-order chi connectivity index (χ0) is 18.4. The van der Waals surface area contributed by atoms with Crippen LogP contribution in [0, 0.1) is 0 Å². The summed E-state index contributed by atoms with van der Waals surface area (Å²) >= 11 is 0. The Morgan fingerprint density at radius 3 is 2.58 bits per heavy atom. The topological polar surface area (TPSA) is 73.4 Å². The van der Waals surface area contributed by atoms with Gasteiger partial charge in [-0.15, -0.1) is 5.10 Å². The predicted octanol–water partition coefficient (Wildman–Crippen LogP) is 1.98. The van der Waals surface area contributed by atoms with E-state index in [0.29, 0.717) is 18.7 Å². The third kappa shape index (κ3) is 4.62. The van der Waals surface area contributed by atoms with E-state index in [4.69, 9.17) is 0 Å². The summed E-state index contributed by atoms with van der Waals surface area (Å²) < 4.78 is 0. The van der Waals surface area contributed by atoms with E-state index < -0.39 is 0 Å². The van der Waals surface area contributed by atoms with Crippen LogP contribution in [0.2, 0.25) is 0 Å². The maximum absolute atomic E-state index is 12.2. The molecule has 138 valence electrons. The number of aromatic nitrogens is 2. The molecular weight excluding hydrogens is 328 g/mol. The second kappa shape index (κ2) is 8.51. The van der Waals surface area contributed by atoms with Crippen molar-refractivity contribution >= 4 is 23.1 Å². The number of carbonyl (C=O) groups is 1. The van der Waals surface area contributed by atoms with Crippen LogP contribution in [0.1, 0.15) is 23.2 Å². The molecule has 2 heterocycles. The van der Waals surface area contributed by atoms with E-state index in [2.05, 4.69) is 25.7 Å². The summed E-state index contributed by atoms with van der Waals surface area (Å²) in [7, 11) is 3.95. The molecule has 0 spiro atoms. The number of nitrogens with one attached hydrogen (secondary N) is 2. The molecule has 1 fully saturated rings. The number of anilines is 3. The summed E-state index contributed by atoms with van der Waals surface area (Å²) in [5.74, 6) is 0.660. The first-order valence-corrected chi connectivity index (χ1v) is 9.00. The molecule has 0 bridgehead atoms. The first-order chi connectivity index (χ1) is 12.6. The van der Waals surface area contributed by atoms with Gasteiger partial charge in [-0.25, -0.2) is 0 Å². The van der Waals surface area contributed by atoms with E-state index in [1.165, 1.54) is 12.8 Å². The molecule has 0 saturated carbocycles. The number of amides is 1. The van der Waals surface area contributed by atoms with Gasteiger partial charge in [0.1, 0.15) is 0 Å². The Balaban J connectivity index is 1.45. The smallest absolute Gasteiger partial charge is 0.251 e. The summed E-state index contributed by atoms with van der Waals surface area (Å²) in [6.45, 7) is 3.27. The number of benzene rings is 1. The first kappa shape index (κ1) is 18.0. The second-order valence-corrected chi connectivity index (χ2v) is 6.62. The highest BCUT2D eigenvalue weighted by Crippen LogP contribution is 2.20. The van der Waals surface area contributed by atoms with Gasteiger partial charge in [-0.05, 0) is 37.1 Å². The number of rotatable bonds is 7. The third-order valence-electron chi connectivity index (χ3n) is 4.47. The normalized spacial score (nSPS) is 13.5. The van der Waals surface area contributed by atoms with Crippen molar-refractivity contribution in [3.63, 3.8) is 0 Å². The quantitative estimate of drug-likeness (QED) is 0.741. The van der Waals surface area contributed by atoms with Crippen LogP contribution in [0.3, 0.4) is 0 Å². The third-order valence-corrected chi connectivity index (χ3v) is 4.47. The van der Waals surface area contributed by atoms with Gasteiger partial charge in [0, 0.05) is 57.6 Å². The van der Waals surface area contributed by atoms with Crippen molar-refractivity contribution in [3.8, 4) is 0 Å². The second-order valence-electron chi connectivity index (χ2n) is 6.62. The number of hydrogen-bond acceptors (Lipinski definition) is 6. The van der Waals surface area contributed by atoms with Crippen LogP contribution in [0.15, 0.2) is 36.5 Å². The summed E-state index contributed by atoms with van der Waals surface area (Å²) in [4.78, 5) is 16.5. The molecular formula is C19H26N6O. The molecule has 0 radical (unpaired) electrons. The van der Waals surface area contributed by atoms with Crippen molar-refractivity contribution in [1.82, 2.24) is 15.5 Å². The fourth-order valence-electron chi connectivity index (χ4n) is 2.97. The fraction of sp³-hybridized carbons (Fsp3) is 0.421. The van der Waals surface area contributed by atoms with Gasteiger partial charge in [-0.2, -0.15) is 5.10 Å². The predicted molar refractivity (Wildman–Crippen MR) is 105 cm³/mol. The van der Waals surface area contributed by atoms with Gasteiger partial charge in [-0.3, -0.25) is 4.79 Å². The van der Waals surface area contributed by atoms with E-state index in [1.54, 1.807) is 6.20 Å². The van der Waals surface area contributed by atoms with Crippen LogP contribution in [0.4, 0.5) is 17.2 Å². The van der Waals surface area contributed by atoms with Crippen LogP contribution in [-0.2, 0) is 0 Å². The molecule has 7 heteroatoms. The Morgan fingerprint density at radius 1 is 1.15 bits per heavy atom. The lowest BCUT2D eigenvalue weighted by Crippen LogP contribution is -2.29. The SMILES string of the molecule is CN(C)c1ccc(C(=O)NCCNc2cc(N3CCCC3)cnn2)cc1. The molecule has 7 nitrogen and oxygen atoms in total. The fourth-order valence-corrected chi connectivity index (χ4v) is 2.97. The zero-order valence-corrected chi connectivity index (χ0v) is 15.4. The van der Waals surface area contributed by atoms with Crippen LogP contribution in [0.25, 0.3) is 0 Å². The Bertz CT molecular complexity index is 725. The van der Waals surface area contributed by atoms with Crippen molar-refractivity contribution in [3.05, 3.63) is 42.1 Å². The highest BCUT2D eigenvalue weighted by molar-refractivity contribution is 5.94. The van der Waals surface area contributed by atoms with Crippen LogP contribution in [-0.4, -0.2) is 56.4 Å². The van der Waals surface area contributed by atoms with E-state index in [9.17, 15) is 4.79 Å². The minimum Gasteiger partial charge on any atom is -0.378 e. The highest BCUT2D eigenvalue weighted by Gasteiger charge is 2.13. The van der Waals surface area contributed by atoms with Gasteiger partial charge in [0.2, 0.25) is 0 Å². The van der Waals surface area contributed by atoms with Gasteiger partial charge in [0.15, 0.2) is 5.82 Å². The van der Waals surface area contributed by atoms with Crippen molar-refractivity contribution in [2.24, 2.45) is 0 Å². The first-order valence-electron chi connectivity index (χ1n) is 9.00. The number of carbonyl (C=O) groups excluding carboxylic acids is 1. The Kier molecular flexibility index (Phi) is 5.88. The molecule has 1 aromatic heterocycles. The molecule has 1 aliphatic rings. The van der Waals surface area contributed by atoms with E-state index in [-0.39, 0.29) is 5.91 Å². The van der Waals surface area contributed by atoms with Gasteiger partial charge in [-0.1, -0.05) is 0 Å². The average molecular weight is 354 g/mol. The molecule has 0 atom stereocenters. The van der Waals surface area contributed by atoms with Gasteiger partial charge < -0.3 is 20.4 Å². The molecule has 0 aliphatic carbocycles. The zero-order valence-electron chi connectivity index (χ0n) is 15.4. The average Bonchev–Trinajstić information content (AvgIpc) is 3.20. The molecule has 1 amide bonds. The van der Waals surface area contributed by atoms with Gasteiger partial charge in [0.25, 0.3) is 5.91 Å². The number of nitrogens with zero attached hydrogens (tertiary/aromatic N) is 4. The van der Waals surface area contributed by atoms with Gasteiger partial charge in [0.05, 0.1) is 11.9 Å². The minimum absolute atomic E-state index is 0.0750. The lowest BCUT2D eigenvalue weighted by Gasteiger charge is -2.17. The summed E-state index contributed by atoms with van der Waals surface area (Å²) in [6.07, 6.45) is 4.26. The van der Waals surface area contributed by atoms with Crippen LogP contribution < -0.4 is 20.4 Å². The van der Waals surface area contributed by atoms with Crippen LogP contribution in [0.5, 0.6) is 0 Å². The Morgan fingerprint density at radius 2 is 1.88 bits per heavy atom. The molecule has 2 N–H and O–H groups in total. The highest BCUT2D eigenvalue weighted by atomic mass is 16.1. The molecule has 1 saturated heterocycles. The van der Waals surface area contributed by atoms with E-state index >= 15 is 0 Å². The van der Waals surface area contributed by atoms with Crippen molar-refractivity contribution in [1.29, 1.82) is 0 Å². The summed E-state index contributed by atoms with van der Waals surface area (Å²) in [6, 6.07) is 9.56. The molecule has 1 aliphatic heterocycles. The Hall–Kier alpha value is -2.83. The van der Waals surface area contributed by atoms with Crippen molar-refractivity contribution in [2.75, 3.05) is 55.4 Å². The van der Waals surface area contributed by atoms with Gasteiger partial charge >= 0.3 is 0 Å².